The zero-order valence-corrected chi connectivity index (χ0v) is 14.1. The number of pyridine rings is 1. The normalized spacial score (nSPS) is 14.8. The monoisotopic (exact) mass is 336 g/mol. The Bertz CT molecular complexity index is 855. The van der Waals surface area contributed by atoms with Crippen molar-refractivity contribution < 1.29 is 0 Å². The maximum Gasteiger partial charge on any atom is 0.227 e. The van der Waals surface area contributed by atoms with Gasteiger partial charge in [-0.05, 0) is 25.1 Å². The Morgan fingerprint density at radius 1 is 0.960 bits per heavy atom. The lowest BCUT2D eigenvalue weighted by molar-refractivity contribution is 0.636. The van der Waals surface area contributed by atoms with Gasteiger partial charge in [-0.25, -0.2) is 19.9 Å². The van der Waals surface area contributed by atoms with E-state index in [9.17, 15) is 0 Å². The molecule has 1 aliphatic heterocycles. The quantitative estimate of drug-likeness (QED) is 0.769. The summed E-state index contributed by atoms with van der Waals surface area (Å²) in [5.74, 6) is 2.58. The number of hydrogen-bond donors (Lipinski definition) is 1. The Kier molecular flexibility index (Phi) is 4.24. The molecule has 0 aliphatic carbocycles. The third-order valence-corrected chi connectivity index (χ3v) is 4.25. The molecule has 3 aromatic heterocycles. The molecule has 3 aromatic rings. The highest BCUT2D eigenvalue weighted by Crippen LogP contribution is 2.23. The van der Waals surface area contributed by atoms with Crippen molar-refractivity contribution in [2.75, 3.05) is 47.8 Å². The van der Waals surface area contributed by atoms with Gasteiger partial charge >= 0.3 is 0 Å². The number of aromatic nitrogens is 5. The summed E-state index contributed by atoms with van der Waals surface area (Å²) in [6.07, 6.45) is 5.14. The molecule has 8 heteroatoms. The highest BCUT2D eigenvalue weighted by atomic mass is 15.3. The fourth-order valence-electron chi connectivity index (χ4n) is 3.03. The van der Waals surface area contributed by atoms with Crippen molar-refractivity contribution in [2.45, 2.75) is 6.92 Å². The Balaban J connectivity index is 1.50. The van der Waals surface area contributed by atoms with E-state index in [0.717, 1.165) is 61.3 Å². The van der Waals surface area contributed by atoms with E-state index in [1.54, 1.807) is 18.7 Å². The van der Waals surface area contributed by atoms with Crippen molar-refractivity contribution in [2.24, 2.45) is 0 Å². The lowest BCUT2D eigenvalue weighted by atomic mass is 10.2. The molecule has 1 saturated heterocycles. The van der Waals surface area contributed by atoms with Crippen molar-refractivity contribution in [3.8, 4) is 0 Å². The third-order valence-electron chi connectivity index (χ3n) is 4.25. The molecular weight excluding hydrogens is 316 g/mol. The molecule has 0 saturated carbocycles. The topological polar surface area (TPSA) is 83.0 Å². The molecule has 0 spiro atoms. The van der Waals surface area contributed by atoms with Gasteiger partial charge in [-0.2, -0.15) is 4.98 Å². The largest absolute Gasteiger partial charge is 0.370 e. The molecule has 25 heavy (non-hydrogen) atoms. The number of anilines is 3. The highest BCUT2D eigenvalue weighted by molar-refractivity contribution is 5.86. The first-order valence-electron chi connectivity index (χ1n) is 8.47. The summed E-state index contributed by atoms with van der Waals surface area (Å²) in [6, 6.07) is 5.84. The van der Waals surface area contributed by atoms with Crippen LogP contribution in [0.3, 0.4) is 0 Å². The van der Waals surface area contributed by atoms with E-state index >= 15 is 0 Å². The number of piperazine rings is 1. The molecule has 0 bridgehead atoms. The van der Waals surface area contributed by atoms with Crippen LogP contribution in [-0.4, -0.2) is 57.6 Å². The Morgan fingerprint density at radius 2 is 1.80 bits per heavy atom. The van der Waals surface area contributed by atoms with E-state index in [1.165, 1.54) is 0 Å². The molecule has 1 fully saturated rings. The van der Waals surface area contributed by atoms with Crippen LogP contribution >= 0.6 is 0 Å². The van der Waals surface area contributed by atoms with E-state index in [1.807, 2.05) is 18.2 Å². The molecule has 0 atom stereocenters. The Hall–Kier alpha value is -3.03. The molecule has 4 rings (SSSR count). The average molecular weight is 336 g/mol. The molecule has 0 amide bonds. The van der Waals surface area contributed by atoms with Gasteiger partial charge in [-0.1, -0.05) is 0 Å². The van der Waals surface area contributed by atoms with Gasteiger partial charge in [0.05, 0.1) is 5.39 Å². The van der Waals surface area contributed by atoms with Crippen LogP contribution in [0.2, 0.25) is 0 Å². The first kappa shape index (κ1) is 15.5. The minimum absolute atomic E-state index is 0.733. The zero-order valence-electron chi connectivity index (χ0n) is 14.1. The maximum absolute atomic E-state index is 4.58. The predicted molar refractivity (Wildman–Crippen MR) is 98.0 cm³/mol. The van der Waals surface area contributed by atoms with E-state index < -0.39 is 0 Å². The smallest absolute Gasteiger partial charge is 0.227 e. The zero-order chi connectivity index (χ0) is 17.1. The van der Waals surface area contributed by atoms with E-state index in [4.69, 9.17) is 0 Å². The van der Waals surface area contributed by atoms with Gasteiger partial charge in [-0.15, -0.1) is 0 Å². The number of rotatable bonds is 4. The van der Waals surface area contributed by atoms with E-state index in [0.29, 0.717) is 0 Å². The van der Waals surface area contributed by atoms with Crippen LogP contribution in [0.4, 0.5) is 17.6 Å². The van der Waals surface area contributed by atoms with Crippen LogP contribution in [-0.2, 0) is 0 Å². The second-order valence-corrected chi connectivity index (χ2v) is 5.82. The fraction of sp³-hybridized carbons (Fsp3) is 0.353. The van der Waals surface area contributed by atoms with Crippen molar-refractivity contribution in [1.82, 2.24) is 24.9 Å². The predicted octanol–water partition coefficient (Wildman–Crippen LogP) is 1.57. The Labute approximate surface area is 146 Å². The lowest BCUT2D eigenvalue weighted by Gasteiger charge is -2.35. The SMILES string of the molecule is CCNc1ccnc(N2CCN(c3ncnc4ncccc34)CC2)n1. The number of hydrogen-bond acceptors (Lipinski definition) is 8. The summed E-state index contributed by atoms with van der Waals surface area (Å²) >= 11 is 0. The second kappa shape index (κ2) is 6.84. The van der Waals surface area contributed by atoms with E-state index in [2.05, 4.69) is 47.0 Å². The van der Waals surface area contributed by atoms with Crippen molar-refractivity contribution in [3.05, 3.63) is 36.9 Å². The molecule has 4 heterocycles. The van der Waals surface area contributed by atoms with Crippen molar-refractivity contribution in [1.29, 1.82) is 0 Å². The van der Waals surface area contributed by atoms with Gasteiger partial charge in [0.25, 0.3) is 0 Å². The van der Waals surface area contributed by atoms with Crippen LogP contribution < -0.4 is 15.1 Å². The van der Waals surface area contributed by atoms with Gasteiger partial charge in [-0.3, -0.25) is 0 Å². The summed E-state index contributed by atoms with van der Waals surface area (Å²) in [4.78, 5) is 26.5. The standard InChI is InChI=1S/C17H20N8/c1-2-18-14-5-7-20-17(23-14)25-10-8-24(9-11-25)16-13-4-3-6-19-15(13)21-12-22-16/h3-7,12H,2,8-11H2,1H3,(H,18,20,23). The third kappa shape index (κ3) is 3.15. The molecule has 8 nitrogen and oxygen atoms in total. The van der Waals surface area contributed by atoms with Gasteiger partial charge in [0.15, 0.2) is 5.65 Å². The molecule has 0 radical (unpaired) electrons. The maximum atomic E-state index is 4.58. The second-order valence-electron chi connectivity index (χ2n) is 5.82. The molecule has 0 aromatic carbocycles. The van der Waals surface area contributed by atoms with E-state index in [-0.39, 0.29) is 0 Å². The molecule has 0 unspecified atom stereocenters. The lowest BCUT2D eigenvalue weighted by Crippen LogP contribution is -2.47. The van der Waals surface area contributed by atoms with Gasteiger partial charge in [0.1, 0.15) is 18.0 Å². The molecular formula is C17H20N8. The highest BCUT2D eigenvalue weighted by Gasteiger charge is 2.21. The summed E-state index contributed by atoms with van der Waals surface area (Å²) in [5.41, 5.74) is 0.733. The van der Waals surface area contributed by atoms with Crippen LogP contribution in [0.25, 0.3) is 11.0 Å². The number of nitrogens with zero attached hydrogens (tertiary/aromatic N) is 7. The minimum atomic E-state index is 0.733. The summed E-state index contributed by atoms with van der Waals surface area (Å²) in [7, 11) is 0. The minimum Gasteiger partial charge on any atom is -0.370 e. The fourth-order valence-corrected chi connectivity index (χ4v) is 3.03. The molecule has 1 aliphatic rings. The molecule has 1 N–H and O–H groups in total. The van der Waals surface area contributed by atoms with Crippen LogP contribution in [0.5, 0.6) is 0 Å². The van der Waals surface area contributed by atoms with Crippen LogP contribution in [0.15, 0.2) is 36.9 Å². The Morgan fingerprint density at radius 3 is 2.64 bits per heavy atom. The summed E-state index contributed by atoms with van der Waals surface area (Å²) in [5, 5.41) is 4.22. The number of fused-ring (bicyclic) bond motifs is 1. The van der Waals surface area contributed by atoms with Crippen molar-refractivity contribution in [3.63, 3.8) is 0 Å². The van der Waals surface area contributed by atoms with Crippen molar-refractivity contribution >= 4 is 28.6 Å². The molecule has 128 valence electrons. The van der Waals surface area contributed by atoms with Gasteiger partial charge < -0.3 is 15.1 Å². The summed E-state index contributed by atoms with van der Waals surface area (Å²) < 4.78 is 0. The van der Waals surface area contributed by atoms with Gasteiger partial charge in [0.2, 0.25) is 5.95 Å². The van der Waals surface area contributed by atoms with Crippen LogP contribution in [0, 0.1) is 0 Å². The first-order valence-corrected chi connectivity index (χ1v) is 8.47. The first-order chi connectivity index (χ1) is 12.3. The average Bonchev–Trinajstić information content (AvgIpc) is 2.68. The number of nitrogens with one attached hydrogen (secondary N) is 1. The van der Waals surface area contributed by atoms with Gasteiger partial charge in [0, 0.05) is 45.1 Å². The summed E-state index contributed by atoms with van der Waals surface area (Å²) in [6.45, 7) is 6.31. The van der Waals surface area contributed by atoms with Crippen LogP contribution in [0.1, 0.15) is 6.92 Å².